The Morgan fingerprint density at radius 3 is 2.76 bits per heavy atom. The number of aromatic nitrogens is 4. The van der Waals surface area contributed by atoms with Gasteiger partial charge in [0.25, 0.3) is 0 Å². The fourth-order valence-electron chi connectivity index (χ4n) is 4.05. The van der Waals surface area contributed by atoms with E-state index in [1.807, 2.05) is 36.4 Å². The predicted molar refractivity (Wildman–Crippen MR) is 123 cm³/mol. The largest absolute Gasteiger partial charge is 0.496 e. The third kappa shape index (κ3) is 4.04. The van der Waals surface area contributed by atoms with Crippen LogP contribution in [0.4, 0.5) is 4.39 Å². The van der Waals surface area contributed by atoms with E-state index >= 15 is 0 Å². The minimum absolute atomic E-state index is 0.242. The average Bonchev–Trinajstić information content (AvgIpc) is 3.45. The second-order valence-corrected chi connectivity index (χ2v) is 8.66. The maximum atomic E-state index is 14.4. The third-order valence-electron chi connectivity index (χ3n) is 5.73. The Kier molecular flexibility index (Phi) is 5.28. The van der Waals surface area contributed by atoms with Crippen molar-refractivity contribution < 1.29 is 13.9 Å². The van der Waals surface area contributed by atoms with E-state index in [1.165, 1.54) is 6.07 Å². The highest BCUT2D eigenvalue weighted by molar-refractivity contribution is 5.96. The second-order valence-electron chi connectivity index (χ2n) is 8.66. The molecule has 168 valence electrons. The molecule has 0 saturated heterocycles. The van der Waals surface area contributed by atoms with Crippen LogP contribution in [0.1, 0.15) is 30.7 Å². The molecule has 4 aromatic rings. The van der Waals surface area contributed by atoms with Crippen LogP contribution in [0, 0.1) is 5.82 Å². The van der Waals surface area contributed by atoms with Gasteiger partial charge < -0.3 is 9.47 Å². The van der Waals surface area contributed by atoms with Crippen LogP contribution in [0.25, 0.3) is 16.8 Å². The van der Waals surface area contributed by atoms with E-state index in [4.69, 9.17) is 9.47 Å². The highest BCUT2D eigenvalue weighted by atomic mass is 19.1. The van der Waals surface area contributed by atoms with Crippen LogP contribution < -0.4 is 4.74 Å². The molecule has 0 atom stereocenters. The average molecular weight is 445 g/mol. The van der Waals surface area contributed by atoms with Gasteiger partial charge in [-0.05, 0) is 57.0 Å². The van der Waals surface area contributed by atoms with Crippen LogP contribution in [0.3, 0.4) is 0 Å². The summed E-state index contributed by atoms with van der Waals surface area (Å²) < 4.78 is 27.4. The monoisotopic (exact) mass is 445 g/mol. The summed E-state index contributed by atoms with van der Waals surface area (Å²) in [6.45, 7) is 4.61. The first-order valence-corrected chi connectivity index (χ1v) is 10.8. The molecule has 1 aliphatic heterocycles. The first-order valence-electron chi connectivity index (χ1n) is 10.8. The van der Waals surface area contributed by atoms with Gasteiger partial charge in [-0.2, -0.15) is 0 Å². The molecule has 5 rings (SSSR count). The molecule has 33 heavy (non-hydrogen) atoms. The summed E-state index contributed by atoms with van der Waals surface area (Å²) in [5, 5.41) is 8.46. The molecule has 0 radical (unpaired) electrons. The fourth-order valence-corrected chi connectivity index (χ4v) is 4.05. The number of halogens is 1. The number of pyridine rings is 2. The summed E-state index contributed by atoms with van der Waals surface area (Å²) in [4.78, 5) is 9.04. The quantitative estimate of drug-likeness (QED) is 0.443. The predicted octanol–water partition coefficient (Wildman–Crippen LogP) is 4.28. The maximum absolute atomic E-state index is 14.4. The van der Waals surface area contributed by atoms with Crippen molar-refractivity contribution in [3.63, 3.8) is 0 Å². The molecule has 8 heteroatoms. The van der Waals surface area contributed by atoms with Crippen LogP contribution in [0.15, 0.2) is 60.1 Å². The summed E-state index contributed by atoms with van der Waals surface area (Å²) >= 11 is 0. The number of ether oxygens (including phenoxy) is 2. The smallest absolute Gasteiger partial charge is 0.218 e. The second kappa shape index (κ2) is 8.27. The molecule has 4 heterocycles. The number of benzene rings is 1. The number of hydrogen-bond acceptors (Lipinski definition) is 6. The normalized spacial score (nSPS) is 14.8. The van der Waals surface area contributed by atoms with Crippen molar-refractivity contribution in [1.82, 2.24) is 19.6 Å². The van der Waals surface area contributed by atoms with Crippen molar-refractivity contribution >= 4 is 11.5 Å². The lowest BCUT2D eigenvalue weighted by Crippen LogP contribution is -2.17. The van der Waals surface area contributed by atoms with Gasteiger partial charge in [0.2, 0.25) is 5.90 Å². The lowest BCUT2D eigenvalue weighted by Gasteiger charge is -2.12. The molecule has 0 saturated carbocycles. The number of aliphatic imine (C=N–C) groups is 1. The molecular formula is C25H24FN5O2. The van der Waals surface area contributed by atoms with Gasteiger partial charge in [-0.25, -0.2) is 9.38 Å². The van der Waals surface area contributed by atoms with Crippen molar-refractivity contribution in [3.8, 4) is 16.9 Å². The Morgan fingerprint density at radius 2 is 1.97 bits per heavy atom. The molecule has 0 aliphatic carbocycles. The molecular weight excluding hydrogens is 421 g/mol. The Labute approximate surface area is 190 Å². The molecule has 3 aromatic heterocycles. The lowest BCUT2D eigenvalue weighted by atomic mass is 10.0. The molecule has 7 nitrogen and oxygen atoms in total. The Balaban J connectivity index is 1.47. The highest BCUT2D eigenvalue weighted by Crippen LogP contribution is 2.28. The van der Waals surface area contributed by atoms with Crippen molar-refractivity contribution in [1.29, 1.82) is 0 Å². The number of aryl methyl sites for hydroxylation is 1. The first-order chi connectivity index (χ1) is 15.9. The number of nitrogens with zero attached hydrogens (tertiary/aromatic N) is 5. The molecule has 0 bridgehead atoms. The molecule has 0 unspecified atom stereocenters. The molecule has 0 amide bonds. The van der Waals surface area contributed by atoms with E-state index in [1.54, 1.807) is 38.0 Å². The number of hydrogen-bond donors (Lipinski definition) is 0. The molecule has 0 fully saturated rings. The summed E-state index contributed by atoms with van der Waals surface area (Å²) in [7, 11) is 1.55. The van der Waals surface area contributed by atoms with E-state index in [-0.39, 0.29) is 11.4 Å². The van der Waals surface area contributed by atoms with Crippen LogP contribution in [-0.4, -0.2) is 44.7 Å². The van der Waals surface area contributed by atoms with Gasteiger partial charge in [-0.3, -0.25) is 9.38 Å². The molecule has 1 aliphatic rings. The van der Waals surface area contributed by atoms with Crippen LogP contribution in [0.5, 0.6) is 5.75 Å². The minimum atomic E-state index is -0.269. The fraction of sp³-hybridized carbons (Fsp3) is 0.280. The maximum Gasteiger partial charge on any atom is 0.218 e. The highest BCUT2D eigenvalue weighted by Gasteiger charge is 2.27. The number of methoxy groups -OCH3 is 1. The van der Waals surface area contributed by atoms with Crippen LogP contribution >= 0.6 is 0 Å². The van der Waals surface area contributed by atoms with Crippen molar-refractivity contribution in [3.05, 3.63) is 77.8 Å². The zero-order valence-electron chi connectivity index (χ0n) is 18.7. The van der Waals surface area contributed by atoms with Gasteiger partial charge in [0.15, 0.2) is 5.65 Å². The first kappa shape index (κ1) is 21.1. The van der Waals surface area contributed by atoms with Gasteiger partial charge >= 0.3 is 0 Å². The zero-order chi connectivity index (χ0) is 23.0. The standard InChI is InChI=1S/C25H24FN5O2/c1-25(2)14-33-24(29-25)17-11-16(12-27-13-17)19-9-7-18(31-15-28-30-23(19)31)8-10-20-21(26)5-4-6-22(20)32-3/h4-7,9,11-13,15H,8,10,14H2,1-3H3. The summed E-state index contributed by atoms with van der Waals surface area (Å²) in [5.74, 6) is 0.881. The number of fused-ring (bicyclic) bond motifs is 1. The Morgan fingerprint density at radius 1 is 1.12 bits per heavy atom. The molecule has 0 spiro atoms. The van der Waals surface area contributed by atoms with Crippen molar-refractivity contribution in [2.45, 2.75) is 32.2 Å². The van der Waals surface area contributed by atoms with Crippen molar-refractivity contribution in [2.24, 2.45) is 4.99 Å². The van der Waals surface area contributed by atoms with E-state index in [0.29, 0.717) is 42.3 Å². The van der Waals surface area contributed by atoms with Gasteiger partial charge in [-0.1, -0.05) is 6.07 Å². The summed E-state index contributed by atoms with van der Waals surface area (Å²) in [6.07, 6.45) is 6.31. The third-order valence-corrected chi connectivity index (χ3v) is 5.73. The van der Waals surface area contributed by atoms with E-state index in [0.717, 1.165) is 22.4 Å². The van der Waals surface area contributed by atoms with E-state index in [9.17, 15) is 4.39 Å². The van der Waals surface area contributed by atoms with Crippen LogP contribution in [-0.2, 0) is 17.6 Å². The molecule has 1 aromatic carbocycles. The number of rotatable bonds is 6. The Bertz CT molecular complexity index is 1360. The van der Waals surface area contributed by atoms with Gasteiger partial charge in [0.1, 0.15) is 24.5 Å². The van der Waals surface area contributed by atoms with Crippen LogP contribution in [0.2, 0.25) is 0 Å². The molecule has 0 N–H and O–H groups in total. The van der Waals surface area contributed by atoms with Crippen molar-refractivity contribution in [2.75, 3.05) is 13.7 Å². The topological polar surface area (TPSA) is 73.9 Å². The van der Waals surface area contributed by atoms with E-state index in [2.05, 4.69) is 20.2 Å². The van der Waals surface area contributed by atoms with Gasteiger partial charge in [0, 0.05) is 34.8 Å². The summed E-state index contributed by atoms with van der Waals surface area (Å²) in [5.41, 5.74) is 4.61. The minimum Gasteiger partial charge on any atom is -0.496 e. The lowest BCUT2D eigenvalue weighted by molar-refractivity contribution is 0.279. The summed E-state index contributed by atoms with van der Waals surface area (Å²) in [6, 6.07) is 10.9. The zero-order valence-corrected chi connectivity index (χ0v) is 18.7. The SMILES string of the molecule is COc1cccc(F)c1CCc1ccc(-c2cncc(C3=NC(C)(C)CO3)c2)c2nncn12. The van der Waals surface area contributed by atoms with Gasteiger partial charge in [-0.15, -0.1) is 10.2 Å². The van der Waals surface area contributed by atoms with Gasteiger partial charge in [0.05, 0.1) is 18.2 Å². The van der Waals surface area contributed by atoms with E-state index < -0.39 is 0 Å². The Hall–Kier alpha value is -3.81.